The van der Waals surface area contributed by atoms with Crippen molar-refractivity contribution in [2.75, 3.05) is 0 Å². The van der Waals surface area contributed by atoms with Crippen molar-refractivity contribution in [1.82, 2.24) is 0 Å². The molecule has 0 bridgehead atoms. The Morgan fingerprint density at radius 1 is 1.30 bits per heavy atom. The fourth-order valence-electron chi connectivity index (χ4n) is 1.09. The first-order valence-electron chi connectivity index (χ1n) is 5.57. The molecule has 0 spiro atoms. The quantitative estimate of drug-likeness (QED) is 0.308. The van der Waals surface area contributed by atoms with E-state index in [1.807, 2.05) is 0 Å². The Morgan fingerprint density at radius 3 is 2.30 bits per heavy atom. The van der Waals surface area contributed by atoms with Crippen molar-refractivity contribution in [3.8, 4) is 11.5 Å². The lowest BCUT2D eigenvalue weighted by molar-refractivity contribution is -0.151. The van der Waals surface area contributed by atoms with Gasteiger partial charge in [-0.25, -0.2) is 17.6 Å². The zero-order chi connectivity index (χ0) is 18.0. The van der Waals surface area contributed by atoms with E-state index in [1.165, 1.54) is 6.92 Å². The maximum atomic E-state index is 13.6. The van der Waals surface area contributed by atoms with Gasteiger partial charge in [0.2, 0.25) is 0 Å². The molecule has 0 saturated heterocycles. The maximum Gasteiger partial charge on any atom is 0.429 e. The number of carbonyl (C=O) groups excluding carboxylic acids is 2. The molecule has 0 radical (unpaired) electrons. The lowest BCUT2D eigenvalue weighted by Crippen LogP contribution is -2.40. The highest BCUT2D eigenvalue weighted by atomic mass is 79.9. The molecule has 1 aromatic carbocycles. The molecule has 1 atom stereocenters. The standard InChI is InChI=1S/C11H8BrF3O7S/c1-5(12)9(16)21-6-2-3-8(7(13)4-6)22-10(17)11(14,15)23(18,19)20/h2-5H,1H3,(H,18,19,20)/p-1. The minimum atomic E-state index is -6.32. The fourth-order valence-corrected chi connectivity index (χ4v) is 1.43. The second-order valence-corrected chi connectivity index (χ2v) is 6.78. The monoisotopic (exact) mass is 419 g/mol. The van der Waals surface area contributed by atoms with Gasteiger partial charge in [0.05, 0.1) is 0 Å². The molecule has 0 N–H and O–H groups in total. The van der Waals surface area contributed by atoms with E-state index in [1.54, 1.807) is 0 Å². The van der Waals surface area contributed by atoms with Crippen molar-refractivity contribution in [1.29, 1.82) is 0 Å². The summed E-state index contributed by atoms with van der Waals surface area (Å²) in [6.45, 7) is 1.43. The van der Waals surface area contributed by atoms with Crippen LogP contribution in [-0.4, -0.2) is 35.0 Å². The summed E-state index contributed by atoms with van der Waals surface area (Å²) in [7, 11) is -6.32. The van der Waals surface area contributed by atoms with E-state index in [2.05, 4.69) is 25.4 Å². The summed E-state index contributed by atoms with van der Waals surface area (Å²) in [5.74, 6) is -6.33. The van der Waals surface area contributed by atoms with Gasteiger partial charge in [-0.2, -0.15) is 8.78 Å². The molecular weight excluding hydrogens is 413 g/mol. The first-order valence-corrected chi connectivity index (χ1v) is 7.89. The lowest BCUT2D eigenvalue weighted by Gasteiger charge is -2.18. The Bertz CT molecular complexity index is 733. The molecular formula is C11H7BrF3O7S-. The van der Waals surface area contributed by atoms with Crippen molar-refractivity contribution in [3.63, 3.8) is 0 Å². The first-order chi connectivity index (χ1) is 10.4. The molecule has 0 aliphatic heterocycles. The molecule has 128 valence electrons. The number of ether oxygens (including phenoxy) is 2. The van der Waals surface area contributed by atoms with Crippen LogP contribution in [0.3, 0.4) is 0 Å². The van der Waals surface area contributed by atoms with Gasteiger partial charge in [0.1, 0.15) is 10.6 Å². The van der Waals surface area contributed by atoms with Crippen LogP contribution in [0.1, 0.15) is 6.92 Å². The van der Waals surface area contributed by atoms with Crippen molar-refractivity contribution >= 4 is 38.0 Å². The van der Waals surface area contributed by atoms with Gasteiger partial charge in [-0.15, -0.1) is 0 Å². The fraction of sp³-hybridized carbons (Fsp3) is 0.273. The van der Waals surface area contributed by atoms with Gasteiger partial charge in [-0.3, -0.25) is 4.79 Å². The molecule has 1 aromatic rings. The highest BCUT2D eigenvalue weighted by Crippen LogP contribution is 2.27. The number of hydrogen-bond acceptors (Lipinski definition) is 7. The first kappa shape index (κ1) is 19.4. The average molecular weight is 420 g/mol. The summed E-state index contributed by atoms with van der Waals surface area (Å²) >= 11 is 2.90. The van der Waals surface area contributed by atoms with E-state index < -0.39 is 43.7 Å². The average Bonchev–Trinajstić information content (AvgIpc) is 2.40. The largest absolute Gasteiger partial charge is 0.743 e. The van der Waals surface area contributed by atoms with E-state index in [4.69, 9.17) is 0 Å². The smallest absolute Gasteiger partial charge is 0.429 e. The van der Waals surface area contributed by atoms with Crippen LogP contribution in [0.2, 0.25) is 0 Å². The molecule has 0 amide bonds. The van der Waals surface area contributed by atoms with Gasteiger partial charge in [0.25, 0.3) is 0 Å². The van der Waals surface area contributed by atoms with Gasteiger partial charge in [0, 0.05) is 6.07 Å². The Hall–Kier alpha value is -1.66. The Balaban J connectivity index is 2.96. The Labute approximate surface area is 136 Å². The van der Waals surface area contributed by atoms with Crippen molar-refractivity contribution in [3.05, 3.63) is 24.0 Å². The predicted molar refractivity (Wildman–Crippen MR) is 70.7 cm³/mol. The molecule has 7 nitrogen and oxygen atoms in total. The van der Waals surface area contributed by atoms with E-state index >= 15 is 0 Å². The van der Waals surface area contributed by atoms with Gasteiger partial charge in [-0.1, -0.05) is 15.9 Å². The summed E-state index contributed by atoms with van der Waals surface area (Å²) in [4.78, 5) is 21.5. The van der Waals surface area contributed by atoms with Gasteiger partial charge < -0.3 is 14.0 Å². The van der Waals surface area contributed by atoms with Crippen LogP contribution < -0.4 is 9.47 Å². The molecule has 0 aliphatic rings. The normalized spacial score (nSPS) is 13.3. The second kappa shape index (κ2) is 6.84. The van der Waals surface area contributed by atoms with E-state index in [0.717, 1.165) is 6.07 Å². The highest BCUT2D eigenvalue weighted by Gasteiger charge is 2.49. The van der Waals surface area contributed by atoms with E-state index in [-0.39, 0.29) is 5.75 Å². The van der Waals surface area contributed by atoms with Crippen LogP contribution >= 0.6 is 15.9 Å². The summed E-state index contributed by atoms with van der Waals surface area (Å²) in [5, 5.41) is -5.38. The molecule has 0 saturated carbocycles. The van der Waals surface area contributed by atoms with Gasteiger partial charge >= 0.3 is 17.2 Å². The second-order valence-electron chi connectivity index (χ2n) is 3.99. The summed E-state index contributed by atoms with van der Waals surface area (Å²) in [6.07, 6.45) is 0. The molecule has 0 heterocycles. The molecule has 23 heavy (non-hydrogen) atoms. The Morgan fingerprint density at radius 2 is 1.87 bits per heavy atom. The number of carbonyl (C=O) groups is 2. The lowest BCUT2D eigenvalue weighted by atomic mass is 10.3. The third kappa shape index (κ3) is 4.65. The summed E-state index contributed by atoms with van der Waals surface area (Å²) in [5.41, 5.74) is 0. The van der Waals surface area contributed by atoms with Crippen LogP contribution in [0.25, 0.3) is 0 Å². The predicted octanol–water partition coefficient (Wildman–Crippen LogP) is 1.56. The maximum absolute atomic E-state index is 13.6. The minimum absolute atomic E-state index is 0.318. The zero-order valence-electron chi connectivity index (χ0n) is 11.1. The highest BCUT2D eigenvalue weighted by molar-refractivity contribution is 9.10. The van der Waals surface area contributed by atoms with Crippen LogP contribution in [0.4, 0.5) is 13.2 Å². The SMILES string of the molecule is CC(Br)C(=O)Oc1ccc(OC(=O)C(F)(F)S(=O)(=O)[O-])c(F)c1. The van der Waals surface area contributed by atoms with Crippen molar-refractivity contribution < 1.29 is 45.2 Å². The topological polar surface area (TPSA) is 110 Å². The number of benzene rings is 1. The number of rotatable bonds is 5. The minimum Gasteiger partial charge on any atom is -0.743 e. The number of halogens is 4. The number of alkyl halides is 3. The van der Waals surface area contributed by atoms with Crippen LogP contribution in [0, 0.1) is 5.82 Å². The van der Waals surface area contributed by atoms with Crippen LogP contribution in [-0.2, 0) is 19.7 Å². The third-order valence-corrected chi connectivity index (χ3v) is 3.37. The van der Waals surface area contributed by atoms with Gasteiger partial charge in [0.15, 0.2) is 21.7 Å². The molecule has 1 unspecified atom stereocenters. The number of hydrogen-bond donors (Lipinski definition) is 0. The molecule has 0 aromatic heterocycles. The van der Waals surface area contributed by atoms with Crippen LogP contribution in [0.5, 0.6) is 11.5 Å². The summed E-state index contributed by atoms with van der Waals surface area (Å²) < 4.78 is 78.7. The molecule has 12 heteroatoms. The Kier molecular flexibility index (Phi) is 5.77. The molecule has 1 rings (SSSR count). The summed E-state index contributed by atoms with van der Waals surface area (Å²) in [6, 6.07) is 2.09. The van der Waals surface area contributed by atoms with Crippen molar-refractivity contribution in [2.24, 2.45) is 0 Å². The molecule has 0 fully saturated rings. The van der Waals surface area contributed by atoms with Gasteiger partial charge in [-0.05, 0) is 19.1 Å². The van der Waals surface area contributed by atoms with E-state index in [0.29, 0.717) is 12.1 Å². The number of esters is 2. The van der Waals surface area contributed by atoms with E-state index in [9.17, 15) is 35.7 Å². The van der Waals surface area contributed by atoms with Crippen LogP contribution in [0.15, 0.2) is 18.2 Å². The molecule has 0 aliphatic carbocycles. The third-order valence-electron chi connectivity index (χ3n) is 2.20. The van der Waals surface area contributed by atoms with Crippen molar-refractivity contribution in [2.45, 2.75) is 17.0 Å². The zero-order valence-corrected chi connectivity index (χ0v) is 13.5.